The number of nitrogens with zero attached hydrogens (tertiary/aromatic N) is 4. The highest BCUT2D eigenvalue weighted by Gasteiger charge is 2.21. The second kappa shape index (κ2) is 7.49. The van der Waals surface area contributed by atoms with Crippen molar-refractivity contribution in [2.45, 2.75) is 0 Å². The third-order valence-corrected chi connectivity index (χ3v) is 3.93. The predicted molar refractivity (Wildman–Crippen MR) is 91.9 cm³/mol. The summed E-state index contributed by atoms with van der Waals surface area (Å²) in [6.45, 7) is -0.524. The number of primary amides is 1. The van der Waals surface area contributed by atoms with Crippen molar-refractivity contribution in [1.82, 2.24) is 20.2 Å². The zero-order chi connectivity index (χ0) is 17.6. The van der Waals surface area contributed by atoms with Gasteiger partial charge < -0.3 is 10.5 Å². The van der Waals surface area contributed by atoms with Crippen molar-refractivity contribution in [3.63, 3.8) is 0 Å². The number of rotatable bonds is 6. The fourth-order valence-electron chi connectivity index (χ4n) is 2.04. The standard InChI is InChI=1S/C16H13N5O3S/c17-14(22)10-24-16(23)13(9-12-7-4-8-25-12)21-15(18-19-20-21)11-5-2-1-3-6-11/h1-9H,10H2,(H2,17,22)/b13-9-. The van der Waals surface area contributed by atoms with Crippen LogP contribution in [0.4, 0.5) is 0 Å². The van der Waals surface area contributed by atoms with Gasteiger partial charge in [-0.2, -0.15) is 4.68 Å². The summed E-state index contributed by atoms with van der Waals surface area (Å²) in [5.41, 5.74) is 5.84. The molecule has 0 aliphatic carbocycles. The summed E-state index contributed by atoms with van der Waals surface area (Å²) in [4.78, 5) is 24.2. The van der Waals surface area contributed by atoms with Crippen LogP contribution in [0.25, 0.3) is 23.2 Å². The topological polar surface area (TPSA) is 113 Å². The molecule has 0 fully saturated rings. The number of esters is 1. The second-order valence-electron chi connectivity index (χ2n) is 4.87. The van der Waals surface area contributed by atoms with E-state index in [0.717, 1.165) is 10.4 Å². The summed E-state index contributed by atoms with van der Waals surface area (Å²) in [6.07, 6.45) is 1.59. The Morgan fingerprint density at radius 3 is 2.68 bits per heavy atom. The minimum atomic E-state index is -0.753. The first-order valence-electron chi connectivity index (χ1n) is 7.20. The molecule has 0 saturated heterocycles. The first-order valence-corrected chi connectivity index (χ1v) is 8.08. The number of thiophene rings is 1. The first-order chi connectivity index (χ1) is 12.1. The van der Waals surface area contributed by atoms with Crippen LogP contribution in [0.1, 0.15) is 4.88 Å². The molecule has 0 bridgehead atoms. The Morgan fingerprint density at radius 1 is 1.20 bits per heavy atom. The first kappa shape index (κ1) is 16.5. The molecule has 8 nitrogen and oxygen atoms in total. The number of benzene rings is 1. The highest BCUT2D eigenvalue weighted by Crippen LogP contribution is 2.22. The lowest BCUT2D eigenvalue weighted by Crippen LogP contribution is -2.23. The SMILES string of the molecule is NC(=O)COC(=O)/C(=C/c1cccs1)n1nnnc1-c1ccccc1. The zero-order valence-corrected chi connectivity index (χ0v) is 13.7. The van der Waals surface area contributed by atoms with Crippen LogP contribution in [0, 0.1) is 0 Å². The molecule has 9 heteroatoms. The predicted octanol–water partition coefficient (Wildman–Crippen LogP) is 1.43. The number of carbonyl (C=O) groups excluding carboxylic acids is 2. The van der Waals surface area contributed by atoms with Crippen LogP contribution in [0.3, 0.4) is 0 Å². The van der Waals surface area contributed by atoms with Crippen molar-refractivity contribution in [3.8, 4) is 11.4 Å². The molecule has 0 radical (unpaired) electrons. The van der Waals surface area contributed by atoms with Crippen molar-refractivity contribution in [1.29, 1.82) is 0 Å². The van der Waals surface area contributed by atoms with Crippen LogP contribution in [0.2, 0.25) is 0 Å². The van der Waals surface area contributed by atoms with Crippen molar-refractivity contribution >= 4 is 35.0 Å². The lowest BCUT2D eigenvalue weighted by molar-refractivity contribution is -0.142. The van der Waals surface area contributed by atoms with Crippen LogP contribution in [-0.2, 0) is 14.3 Å². The molecule has 1 amide bonds. The third kappa shape index (κ3) is 3.96. The molecule has 3 aromatic rings. The van der Waals surface area contributed by atoms with Crippen LogP contribution in [-0.4, -0.2) is 38.7 Å². The number of amides is 1. The number of ether oxygens (including phenoxy) is 1. The fraction of sp³-hybridized carbons (Fsp3) is 0.0625. The monoisotopic (exact) mass is 355 g/mol. The largest absolute Gasteiger partial charge is 0.451 e. The van der Waals surface area contributed by atoms with Gasteiger partial charge >= 0.3 is 5.97 Å². The Hall–Kier alpha value is -3.33. The van der Waals surface area contributed by atoms with E-state index in [9.17, 15) is 9.59 Å². The molecule has 0 aliphatic rings. The van der Waals surface area contributed by atoms with E-state index in [1.807, 2.05) is 47.8 Å². The Bertz CT molecular complexity index is 903. The van der Waals surface area contributed by atoms with Crippen LogP contribution in [0.5, 0.6) is 0 Å². The van der Waals surface area contributed by atoms with Gasteiger partial charge in [0.2, 0.25) is 0 Å². The average molecular weight is 355 g/mol. The smallest absolute Gasteiger partial charge is 0.357 e. The molecule has 126 valence electrons. The van der Waals surface area contributed by atoms with Gasteiger partial charge in [0.05, 0.1) is 0 Å². The Labute approximate surface area is 146 Å². The Morgan fingerprint density at radius 2 is 2.00 bits per heavy atom. The summed E-state index contributed by atoms with van der Waals surface area (Å²) in [6, 6.07) is 12.9. The Kier molecular flexibility index (Phi) is 4.95. The van der Waals surface area contributed by atoms with Gasteiger partial charge in [0.25, 0.3) is 5.91 Å². The molecule has 1 aromatic carbocycles. The van der Waals surface area contributed by atoms with E-state index in [-0.39, 0.29) is 5.70 Å². The molecule has 2 aromatic heterocycles. The van der Waals surface area contributed by atoms with Gasteiger partial charge in [-0.15, -0.1) is 16.4 Å². The molecule has 0 saturated carbocycles. The van der Waals surface area contributed by atoms with Gasteiger partial charge in [-0.3, -0.25) is 4.79 Å². The second-order valence-corrected chi connectivity index (χ2v) is 5.85. The normalized spacial score (nSPS) is 11.3. The van der Waals surface area contributed by atoms with E-state index in [0.29, 0.717) is 5.82 Å². The fourth-order valence-corrected chi connectivity index (χ4v) is 2.69. The maximum Gasteiger partial charge on any atom is 0.357 e. The highest BCUT2D eigenvalue weighted by atomic mass is 32.1. The zero-order valence-electron chi connectivity index (χ0n) is 12.9. The molecule has 2 heterocycles. The molecule has 0 aliphatic heterocycles. The molecular formula is C16H13N5O3S. The van der Waals surface area contributed by atoms with Gasteiger partial charge in [-0.05, 0) is 27.9 Å². The van der Waals surface area contributed by atoms with E-state index < -0.39 is 18.5 Å². The number of tetrazole rings is 1. The molecular weight excluding hydrogens is 342 g/mol. The lowest BCUT2D eigenvalue weighted by atomic mass is 10.2. The highest BCUT2D eigenvalue weighted by molar-refractivity contribution is 7.10. The minimum Gasteiger partial charge on any atom is -0.451 e. The van der Waals surface area contributed by atoms with Gasteiger partial charge in [0.1, 0.15) is 0 Å². The summed E-state index contributed by atoms with van der Waals surface area (Å²) in [5.74, 6) is -1.13. The molecule has 2 N–H and O–H groups in total. The molecule has 0 unspecified atom stereocenters. The minimum absolute atomic E-state index is 0.0764. The van der Waals surface area contributed by atoms with Gasteiger partial charge in [-0.25, -0.2) is 4.79 Å². The third-order valence-electron chi connectivity index (χ3n) is 3.11. The van der Waals surface area contributed by atoms with Crippen molar-refractivity contribution in [2.75, 3.05) is 6.61 Å². The van der Waals surface area contributed by atoms with E-state index in [1.54, 1.807) is 6.08 Å². The van der Waals surface area contributed by atoms with E-state index >= 15 is 0 Å². The number of aromatic nitrogens is 4. The van der Waals surface area contributed by atoms with Crippen LogP contribution in [0.15, 0.2) is 47.8 Å². The maximum atomic E-state index is 12.4. The van der Waals surface area contributed by atoms with Crippen molar-refractivity contribution in [3.05, 3.63) is 52.7 Å². The van der Waals surface area contributed by atoms with Crippen LogP contribution >= 0.6 is 11.3 Å². The summed E-state index contributed by atoms with van der Waals surface area (Å²) >= 11 is 1.43. The van der Waals surface area contributed by atoms with E-state index in [2.05, 4.69) is 15.5 Å². The number of carbonyl (C=O) groups is 2. The number of nitrogens with two attached hydrogens (primary N) is 1. The van der Waals surface area contributed by atoms with Gasteiger partial charge in [-0.1, -0.05) is 36.4 Å². The van der Waals surface area contributed by atoms with Crippen molar-refractivity contribution < 1.29 is 14.3 Å². The summed E-state index contributed by atoms with van der Waals surface area (Å²) in [7, 11) is 0. The molecule has 0 atom stereocenters. The lowest BCUT2D eigenvalue weighted by Gasteiger charge is -2.09. The van der Waals surface area contributed by atoms with E-state index in [4.69, 9.17) is 10.5 Å². The quantitative estimate of drug-likeness (QED) is 0.528. The van der Waals surface area contributed by atoms with Crippen LogP contribution < -0.4 is 5.73 Å². The van der Waals surface area contributed by atoms with E-state index in [1.165, 1.54) is 16.0 Å². The molecule has 0 spiro atoms. The number of hydrogen-bond donors (Lipinski definition) is 1. The molecule has 25 heavy (non-hydrogen) atoms. The molecule has 3 rings (SSSR count). The maximum absolute atomic E-state index is 12.4. The average Bonchev–Trinajstić information content (AvgIpc) is 3.29. The Balaban J connectivity index is 2.03. The van der Waals surface area contributed by atoms with Crippen molar-refractivity contribution in [2.24, 2.45) is 5.73 Å². The summed E-state index contributed by atoms with van der Waals surface area (Å²) < 4.78 is 6.21. The number of hydrogen-bond acceptors (Lipinski definition) is 7. The van der Waals surface area contributed by atoms with Gasteiger partial charge in [0.15, 0.2) is 18.1 Å². The van der Waals surface area contributed by atoms with Gasteiger partial charge in [0, 0.05) is 10.4 Å². The summed E-state index contributed by atoms with van der Waals surface area (Å²) in [5, 5.41) is 13.4.